The minimum Gasteiger partial charge on any atom is -0.469 e. The van der Waals surface area contributed by atoms with Gasteiger partial charge in [-0.2, -0.15) is 26.3 Å². The maximum absolute atomic E-state index is 13.5. The number of amides is 1. The number of nitrogens with zero attached hydrogens (tertiary/aromatic N) is 2. The minimum atomic E-state index is -5.06. The largest absolute Gasteiger partial charge is 0.469 e. The van der Waals surface area contributed by atoms with Crippen LogP contribution in [0.2, 0.25) is 0 Å². The second-order valence-electron chi connectivity index (χ2n) is 9.49. The standard InChI is InChI=1S/C27H27F6N3O3/c1-39-24(37)7-4-8-35-9-10-36(21(16-35)13-18-15-34-23-6-3-2-5-22(18)23)25(38)17-11-19(26(28,29)30)14-20(12-17)27(31,32)33/h2-3,5-6,11-12,14-15,21,34H,4,7-10,13,16H2,1H3/t21-/m1/s1. The van der Waals surface area contributed by atoms with Crippen LogP contribution in [-0.2, 0) is 28.3 Å². The lowest BCUT2D eigenvalue weighted by atomic mass is 9.98. The summed E-state index contributed by atoms with van der Waals surface area (Å²) in [6.07, 6.45) is -7.30. The Balaban J connectivity index is 1.64. The van der Waals surface area contributed by atoms with Crippen LogP contribution in [0.1, 0.15) is 39.9 Å². The fourth-order valence-electron chi connectivity index (χ4n) is 4.91. The van der Waals surface area contributed by atoms with E-state index in [-0.39, 0.29) is 25.0 Å². The van der Waals surface area contributed by atoms with Crippen molar-refractivity contribution in [3.8, 4) is 0 Å². The van der Waals surface area contributed by atoms with Gasteiger partial charge in [0.25, 0.3) is 5.91 Å². The van der Waals surface area contributed by atoms with Gasteiger partial charge in [-0.25, -0.2) is 0 Å². The molecular weight excluding hydrogens is 528 g/mol. The number of carbonyl (C=O) groups is 2. The minimum absolute atomic E-state index is 0.0133. The third-order valence-electron chi connectivity index (χ3n) is 6.88. The van der Waals surface area contributed by atoms with Crippen LogP contribution >= 0.6 is 0 Å². The third kappa shape index (κ3) is 6.73. The number of halogens is 6. The van der Waals surface area contributed by atoms with Crippen molar-refractivity contribution in [2.24, 2.45) is 0 Å². The average Bonchev–Trinajstić information content (AvgIpc) is 3.30. The van der Waals surface area contributed by atoms with Crippen LogP contribution in [-0.4, -0.2) is 66.0 Å². The number of benzene rings is 2. The molecule has 0 saturated carbocycles. The predicted molar refractivity (Wildman–Crippen MR) is 131 cm³/mol. The summed E-state index contributed by atoms with van der Waals surface area (Å²) in [6.45, 7) is 1.30. The molecule has 0 bridgehead atoms. The molecule has 0 radical (unpaired) electrons. The lowest BCUT2D eigenvalue weighted by Crippen LogP contribution is -2.56. The molecular formula is C27H27F6N3O3. The van der Waals surface area contributed by atoms with E-state index in [4.69, 9.17) is 0 Å². The van der Waals surface area contributed by atoms with Crippen molar-refractivity contribution in [1.82, 2.24) is 14.8 Å². The number of carbonyl (C=O) groups excluding carboxylic acids is 2. The van der Waals surface area contributed by atoms with Gasteiger partial charge in [0.1, 0.15) is 0 Å². The fourth-order valence-corrected chi connectivity index (χ4v) is 4.91. The average molecular weight is 556 g/mol. The van der Waals surface area contributed by atoms with Gasteiger partial charge in [-0.05, 0) is 49.2 Å². The molecule has 2 aromatic carbocycles. The Bertz CT molecular complexity index is 1300. The predicted octanol–water partition coefficient (Wildman–Crippen LogP) is 5.53. The molecule has 1 saturated heterocycles. The molecule has 1 aliphatic heterocycles. The molecule has 12 heteroatoms. The molecule has 3 aromatic rings. The second kappa shape index (κ2) is 11.3. The second-order valence-corrected chi connectivity index (χ2v) is 9.49. The highest BCUT2D eigenvalue weighted by Crippen LogP contribution is 2.37. The first-order valence-corrected chi connectivity index (χ1v) is 12.3. The summed E-state index contributed by atoms with van der Waals surface area (Å²) < 4.78 is 85.3. The Morgan fingerprint density at radius 3 is 2.31 bits per heavy atom. The summed E-state index contributed by atoms with van der Waals surface area (Å²) in [5, 5.41) is 0.908. The van der Waals surface area contributed by atoms with E-state index in [2.05, 4.69) is 9.72 Å². The summed E-state index contributed by atoms with van der Waals surface area (Å²) in [5.74, 6) is -1.25. The number of fused-ring (bicyclic) bond motifs is 1. The molecule has 39 heavy (non-hydrogen) atoms. The topological polar surface area (TPSA) is 65.6 Å². The van der Waals surface area contributed by atoms with E-state index < -0.39 is 41.0 Å². The van der Waals surface area contributed by atoms with E-state index in [1.807, 2.05) is 29.2 Å². The Labute approximate surface area is 220 Å². The summed E-state index contributed by atoms with van der Waals surface area (Å²) in [4.78, 5) is 31.5. The lowest BCUT2D eigenvalue weighted by molar-refractivity contribution is -0.143. The Morgan fingerprint density at radius 1 is 1.00 bits per heavy atom. The van der Waals surface area contributed by atoms with E-state index >= 15 is 0 Å². The number of hydrogen-bond acceptors (Lipinski definition) is 4. The smallest absolute Gasteiger partial charge is 0.416 e. The summed E-state index contributed by atoms with van der Waals surface area (Å²) >= 11 is 0. The van der Waals surface area contributed by atoms with Gasteiger partial charge in [-0.15, -0.1) is 0 Å². The zero-order valence-corrected chi connectivity index (χ0v) is 21.0. The van der Waals surface area contributed by atoms with E-state index in [1.165, 1.54) is 12.0 Å². The number of aromatic amines is 1. The molecule has 1 aromatic heterocycles. The Morgan fingerprint density at radius 2 is 1.67 bits per heavy atom. The molecule has 1 aliphatic rings. The van der Waals surface area contributed by atoms with Crippen molar-refractivity contribution >= 4 is 22.8 Å². The van der Waals surface area contributed by atoms with Crippen molar-refractivity contribution in [3.63, 3.8) is 0 Å². The summed E-state index contributed by atoms with van der Waals surface area (Å²) in [7, 11) is 1.29. The van der Waals surface area contributed by atoms with Crippen LogP contribution in [0.15, 0.2) is 48.7 Å². The molecule has 4 rings (SSSR count). The lowest BCUT2D eigenvalue weighted by Gasteiger charge is -2.42. The zero-order valence-electron chi connectivity index (χ0n) is 21.0. The molecule has 6 nitrogen and oxygen atoms in total. The molecule has 2 heterocycles. The van der Waals surface area contributed by atoms with Gasteiger partial charge in [-0.1, -0.05) is 18.2 Å². The van der Waals surface area contributed by atoms with E-state index in [0.29, 0.717) is 44.6 Å². The first-order chi connectivity index (χ1) is 18.4. The van der Waals surface area contributed by atoms with E-state index in [9.17, 15) is 35.9 Å². The normalized spacial score (nSPS) is 17.0. The number of para-hydroxylation sites is 1. The molecule has 0 aliphatic carbocycles. The van der Waals surface area contributed by atoms with Crippen molar-refractivity contribution in [2.75, 3.05) is 33.3 Å². The molecule has 1 fully saturated rings. The van der Waals surface area contributed by atoms with Crippen LogP contribution in [0.5, 0.6) is 0 Å². The fraction of sp³-hybridized carbons (Fsp3) is 0.407. The Hall–Kier alpha value is -3.54. The zero-order chi connectivity index (χ0) is 28.4. The highest BCUT2D eigenvalue weighted by Gasteiger charge is 2.39. The van der Waals surface area contributed by atoms with Crippen LogP contribution < -0.4 is 0 Å². The maximum atomic E-state index is 13.5. The number of methoxy groups -OCH3 is 1. The number of rotatable bonds is 7. The van der Waals surface area contributed by atoms with Crippen LogP contribution in [0.4, 0.5) is 26.3 Å². The first-order valence-electron chi connectivity index (χ1n) is 12.3. The number of hydrogen-bond donors (Lipinski definition) is 1. The number of piperazine rings is 1. The van der Waals surface area contributed by atoms with Crippen molar-refractivity contribution < 1.29 is 40.7 Å². The Kier molecular flexibility index (Phi) is 8.24. The molecule has 0 unspecified atom stereocenters. The highest BCUT2D eigenvalue weighted by atomic mass is 19.4. The maximum Gasteiger partial charge on any atom is 0.416 e. The van der Waals surface area contributed by atoms with Gasteiger partial charge in [0.05, 0.1) is 18.2 Å². The van der Waals surface area contributed by atoms with Gasteiger partial charge < -0.3 is 14.6 Å². The van der Waals surface area contributed by atoms with Crippen molar-refractivity contribution in [3.05, 3.63) is 70.9 Å². The number of esters is 1. The number of nitrogens with one attached hydrogen (secondary N) is 1. The number of aromatic nitrogens is 1. The first kappa shape index (κ1) is 28.5. The van der Waals surface area contributed by atoms with Crippen LogP contribution in [0.25, 0.3) is 10.9 Å². The van der Waals surface area contributed by atoms with E-state index in [0.717, 1.165) is 16.5 Å². The van der Waals surface area contributed by atoms with E-state index in [1.54, 1.807) is 6.20 Å². The van der Waals surface area contributed by atoms with Crippen molar-refractivity contribution in [1.29, 1.82) is 0 Å². The quantitative estimate of drug-likeness (QED) is 0.308. The van der Waals surface area contributed by atoms with Crippen LogP contribution in [0.3, 0.4) is 0 Å². The molecule has 0 spiro atoms. The number of H-pyrrole nitrogens is 1. The van der Waals surface area contributed by atoms with Gasteiger partial charge in [-0.3, -0.25) is 14.5 Å². The molecule has 1 N–H and O–H groups in total. The van der Waals surface area contributed by atoms with Crippen LogP contribution in [0, 0.1) is 0 Å². The number of ether oxygens (including phenoxy) is 1. The van der Waals surface area contributed by atoms with Gasteiger partial charge >= 0.3 is 18.3 Å². The highest BCUT2D eigenvalue weighted by molar-refractivity contribution is 5.95. The summed E-state index contributed by atoms with van der Waals surface area (Å²) in [6, 6.07) is 7.91. The van der Waals surface area contributed by atoms with Gasteiger partial charge in [0.2, 0.25) is 0 Å². The molecule has 1 amide bonds. The van der Waals surface area contributed by atoms with Gasteiger partial charge in [0, 0.05) is 54.8 Å². The number of alkyl halides is 6. The molecule has 1 atom stereocenters. The summed E-state index contributed by atoms with van der Waals surface area (Å²) in [5.41, 5.74) is -2.00. The van der Waals surface area contributed by atoms with Gasteiger partial charge in [0.15, 0.2) is 0 Å². The monoisotopic (exact) mass is 555 g/mol. The van der Waals surface area contributed by atoms with Crippen molar-refractivity contribution in [2.45, 2.75) is 37.7 Å². The molecule has 210 valence electrons. The SMILES string of the molecule is COC(=O)CCCN1CCN(C(=O)c2cc(C(F)(F)F)cc(C(F)(F)F)c2)[C@H](Cc2c[nH]c3ccccc23)C1. The third-order valence-corrected chi connectivity index (χ3v) is 6.88.